The normalized spacial score (nSPS) is 8.81. The molecule has 0 radical (unpaired) electrons. The van der Waals surface area contributed by atoms with Gasteiger partial charge in [-0.2, -0.15) is 0 Å². The summed E-state index contributed by atoms with van der Waals surface area (Å²) in [6.07, 6.45) is 1.18. The van der Waals surface area contributed by atoms with Gasteiger partial charge >= 0.3 is 5.97 Å². The zero-order valence-electron chi connectivity index (χ0n) is 8.93. The van der Waals surface area contributed by atoms with Crippen molar-refractivity contribution in [2.75, 3.05) is 6.54 Å². The van der Waals surface area contributed by atoms with Gasteiger partial charge in [0.05, 0.1) is 6.54 Å². The lowest BCUT2D eigenvalue weighted by Crippen LogP contribution is -2.10. The van der Waals surface area contributed by atoms with Crippen LogP contribution in [0.5, 0.6) is 0 Å². The molecule has 0 aromatic heterocycles. The molecule has 0 heterocycles. The van der Waals surface area contributed by atoms with Gasteiger partial charge in [0.1, 0.15) is 0 Å². The summed E-state index contributed by atoms with van der Waals surface area (Å²) in [5.41, 5.74) is 10.7. The van der Waals surface area contributed by atoms with Gasteiger partial charge in [0.2, 0.25) is 5.91 Å². The van der Waals surface area contributed by atoms with Gasteiger partial charge in [0.15, 0.2) is 0 Å². The minimum atomic E-state index is -0.968. The minimum Gasteiger partial charge on any atom is -0.480 e. The molecule has 0 fully saturated rings. The summed E-state index contributed by atoms with van der Waals surface area (Å²) in [6, 6.07) is 9.84. The lowest BCUT2D eigenvalue weighted by Gasteiger charge is -1.96. The van der Waals surface area contributed by atoms with Gasteiger partial charge in [0, 0.05) is 6.42 Å². The smallest absolute Gasteiger partial charge is 0.317 e. The molecular weight excluding hydrogens is 208 g/mol. The van der Waals surface area contributed by atoms with Gasteiger partial charge < -0.3 is 16.6 Å². The number of primary amides is 1. The van der Waals surface area contributed by atoms with Crippen LogP contribution in [0.4, 0.5) is 0 Å². The van der Waals surface area contributed by atoms with E-state index in [1.54, 1.807) is 0 Å². The zero-order chi connectivity index (χ0) is 12.4. The van der Waals surface area contributed by atoms with Crippen LogP contribution in [0, 0.1) is 0 Å². The third kappa shape index (κ3) is 8.71. The van der Waals surface area contributed by atoms with E-state index in [1.807, 2.05) is 30.3 Å². The Bertz CT molecular complexity index is 325. The summed E-state index contributed by atoms with van der Waals surface area (Å²) in [5, 5.41) is 7.60. The summed E-state index contributed by atoms with van der Waals surface area (Å²) in [5.74, 6) is -1.21. The molecule has 0 spiro atoms. The summed E-state index contributed by atoms with van der Waals surface area (Å²) < 4.78 is 0. The Morgan fingerprint density at radius 2 is 1.69 bits per heavy atom. The maximum Gasteiger partial charge on any atom is 0.317 e. The van der Waals surface area contributed by atoms with Gasteiger partial charge in [-0.05, 0) is 12.0 Å². The number of aliphatic carboxylic acids is 1. The fourth-order valence-corrected chi connectivity index (χ4v) is 0.912. The number of carboxylic acids is 1. The number of rotatable bonds is 4. The molecular formula is C11H16N2O3. The molecule has 5 N–H and O–H groups in total. The van der Waals surface area contributed by atoms with Crippen molar-refractivity contribution in [2.45, 2.75) is 12.8 Å². The molecule has 5 heteroatoms. The second-order valence-corrected chi connectivity index (χ2v) is 3.05. The van der Waals surface area contributed by atoms with E-state index < -0.39 is 5.97 Å². The van der Waals surface area contributed by atoms with Crippen molar-refractivity contribution in [3.63, 3.8) is 0 Å². The molecule has 88 valence electrons. The van der Waals surface area contributed by atoms with E-state index in [0.717, 1.165) is 12.0 Å². The van der Waals surface area contributed by atoms with Gasteiger partial charge in [-0.1, -0.05) is 30.3 Å². The maximum atomic E-state index is 10.4. The van der Waals surface area contributed by atoms with Crippen molar-refractivity contribution in [1.82, 2.24) is 0 Å². The SMILES string of the molecule is NC(=O)CCc1ccccc1.NCC(=O)O. The van der Waals surface area contributed by atoms with Crippen molar-refractivity contribution >= 4 is 11.9 Å². The van der Waals surface area contributed by atoms with Crippen LogP contribution in [0.3, 0.4) is 0 Å². The van der Waals surface area contributed by atoms with Crippen molar-refractivity contribution in [2.24, 2.45) is 11.5 Å². The lowest BCUT2D eigenvalue weighted by atomic mass is 10.1. The zero-order valence-corrected chi connectivity index (χ0v) is 8.93. The van der Waals surface area contributed by atoms with Crippen molar-refractivity contribution in [3.8, 4) is 0 Å². The maximum absolute atomic E-state index is 10.4. The quantitative estimate of drug-likeness (QED) is 0.675. The van der Waals surface area contributed by atoms with Crippen LogP contribution in [0.2, 0.25) is 0 Å². The first-order chi connectivity index (χ1) is 7.56. The lowest BCUT2D eigenvalue weighted by molar-refractivity contribution is -0.135. The Morgan fingerprint density at radius 3 is 2.06 bits per heavy atom. The summed E-state index contributed by atoms with van der Waals surface area (Å²) in [7, 11) is 0. The van der Waals surface area contributed by atoms with Crippen molar-refractivity contribution in [1.29, 1.82) is 0 Å². The Hall–Kier alpha value is -1.88. The third-order valence-corrected chi connectivity index (χ3v) is 1.68. The number of benzene rings is 1. The van der Waals surface area contributed by atoms with E-state index in [9.17, 15) is 9.59 Å². The minimum absolute atomic E-state index is 0.242. The topological polar surface area (TPSA) is 106 Å². The number of carboxylic acid groups (broad SMARTS) is 1. The molecule has 0 aliphatic carbocycles. The average molecular weight is 224 g/mol. The molecule has 1 aromatic rings. The van der Waals surface area contributed by atoms with Gasteiger partial charge in [-0.15, -0.1) is 0 Å². The Labute approximate surface area is 94.1 Å². The first-order valence-electron chi connectivity index (χ1n) is 4.80. The average Bonchev–Trinajstić information content (AvgIpc) is 2.28. The van der Waals surface area contributed by atoms with E-state index >= 15 is 0 Å². The number of hydrogen-bond donors (Lipinski definition) is 3. The van der Waals surface area contributed by atoms with Gasteiger partial charge in [-0.3, -0.25) is 9.59 Å². The molecule has 1 aromatic carbocycles. The molecule has 0 aliphatic heterocycles. The summed E-state index contributed by atoms with van der Waals surface area (Å²) in [6.45, 7) is -0.278. The van der Waals surface area contributed by atoms with Crippen LogP contribution in [-0.4, -0.2) is 23.5 Å². The van der Waals surface area contributed by atoms with E-state index in [-0.39, 0.29) is 12.5 Å². The highest BCUT2D eigenvalue weighted by molar-refractivity contribution is 5.73. The Morgan fingerprint density at radius 1 is 1.19 bits per heavy atom. The van der Waals surface area contributed by atoms with Crippen LogP contribution in [0.25, 0.3) is 0 Å². The first kappa shape index (κ1) is 14.1. The predicted octanol–water partition coefficient (Wildman–Crippen LogP) is 0.134. The number of nitrogens with two attached hydrogens (primary N) is 2. The molecule has 0 atom stereocenters. The second kappa shape index (κ2) is 8.43. The van der Waals surface area contributed by atoms with Crippen LogP contribution in [0.15, 0.2) is 30.3 Å². The summed E-state index contributed by atoms with van der Waals surface area (Å²) in [4.78, 5) is 19.6. The van der Waals surface area contributed by atoms with Crippen molar-refractivity contribution in [3.05, 3.63) is 35.9 Å². The third-order valence-electron chi connectivity index (χ3n) is 1.68. The first-order valence-corrected chi connectivity index (χ1v) is 4.80. The summed E-state index contributed by atoms with van der Waals surface area (Å²) >= 11 is 0. The molecule has 0 saturated carbocycles. The predicted molar refractivity (Wildman–Crippen MR) is 60.6 cm³/mol. The fourth-order valence-electron chi connectivity index (χ4n) is 0.912. The fraction of sp³-hybridized carbons (Fsp3) is 0.273. The monoisotopic (exact) mass is 224 g/mol. The van der Waals surface area contributed by atoms with E-state index in [1.165, 1.54) is 0 Å². The highest BCUT2D eigenvalue weighted by atomic mass is 16.4. The molecule has 0 unspecified atom stereocenters. The van der Waals surface area contributed by atoms with E-state index in [4.69, 9.17) is 10.8 Å². The van der Waals surface area contributed by atoms with E-state index in [2.05, 4.69) is 5.73 Å². The van der Waals surface area contributed by atoms with Crippen LogP contribution in [0.1, 0.15) is 12.0 Å². The number of carbonyl (C=O) groups is 2. The highest BCUT2D eigenvalue weighted by Gasteiger charge is 1.94. The second-order valence-electron chi connectivity index (χ2n) is 3.05. The molecule has 0 aliphatic rings. The number of carbonyl (C=O) groups excluding carboxylic acids is 1. The number of hydrogen-bond acceptors (Lipinski definition) is 3. The molecule has 0 saturated heterocycles. The van der Waals surface area contributed by atoms with Gasteiger partial charge in [0.25, 0.3) is 0 Å². The van der Waals surface area contributed by atoms with Crippen molar-refractivity contribution < 1.29 is 14.7 Å². The van der Waals surface area contributed by atoms with Gasteiger partial charge in [-0.25, -0.2) is 0 Å². The Balaban J connectivity index is 0.000000385. The van der Waals surface area contributed by atoms with Crippen LogP contribution < -0.4 is 11.5 Å². The molecule has 0 bridgehead atoms. The number of amides is 1. The molecule has 16 heavy (non-hydrogen) atoms. The highest BCUT2D eigenvalue weighted by Crippen LogP contribution is 2.00. The molecule has 1 amide bonds. The molecule has 1 rings (SSSR count). The van der Waals surface area contributed by atoms with Crippen LogP contribution >= 0.6 is 0 Å². The Kier molecular flexibility index (Phi) is 7.44. The van der Waals surface area contributed by atoms with E-state index in [0.29, 0.717) is 6.42 Å². The largest absolute Gasteiger partial charge is 0.480 e. The van der Waals surface area contributed by atoms with Crippen LogP contribution in [-0.2, 0) is 16.0 Å². The molecule has 5 nitrogen and oxygen atoms in total. The standard InChI is InChI=1S/C9H11NO.C2H5NO2/c10-9(11)7-6-8-4-2-1-3-5-8;3-1-2(4)5/h1-5H,6-7H2,(H2,10,11);1,3H2,(H,4,5). The number of aryl methyl sites for hydroxylation is 1.